The molecule has 5 heterocycles. The summed E-state index contributed by atoms with van der Waals surface area (Å²) in [7, 11) is 4.58. The van der Waals surface area contributed by atoms with Crippen LogP contribution in [0.1, 0.15) is 37.5 Å². The van der Waals surface area contributed by atoms with Crippen molar-refractivity contribution in [1.82, 2.24) is 24.9 Å². The molecule has 0 atom stereocenters. The van der Waals surface area contributed by atoms with Crippen molar-refractivity contribution in [2.24, 2.45) is 0 Å². The smallest absolute Gasteiger partial charge is 0.416 e. The largest absolute Gasteiger partial charge is 0.497 e. The van der Waals surface area contributed by atoms with Gasteiger partial charge < -0.3 is 38.4 Å². The summed E-state index contributed by atoms with van der Waals surface area (Å²) in [5.41, 5.74) is 4.50. The molecule has 2 aliphatic rings. The molecule has 0 N–H and O–H groups in total. The highest BCUT2D eigenvalue weighted by atomic mass is 16.6. The van der Waals surface area contributed by atoms with Gasteiger partial charge in [0.15, 0.2) is 0 Å². The van der Waals surface area contributed by atoms with Crippen LogP contribution in [-0.4, -0.2) is 103 Å². The van der Waals surface area contributed by atoms with Crippen LogP contribution in [0, 0.1) is 0 Å². The lowest BCUT2D eigenvalue weighted by Gasteiger charge is -2.29. The van der Waals surface area contributed by atoms with Crippen LogP contribution in [0.15, 0.2) is 79.3 Å². The van der Waals surface area contributed by atoms with Gasteiger partial charge in [-0.05, 0) is 68.7 Å². The number of hydrogen-bond acceptors (Lipinski definition) is 15. The molecular formula is C43H49N9O7. The first kappa shape index (κ1) is 40.6. The van der Waals surface area contributed by atoms with E-state index in [4.69, 9.17) is 43.6 Å². The van der Waals surface area contributed by atoms with Crippen LogP contribution in [0.4, 0.5) is 34.0 Å². The highest BCUT2D eigenvalue weighted by Gasteiger charge is 2.32. The van der Waals surface area contributed by atoms with Gasteiger partial charge in [-0.15, -0.1) is 0 Å². The van der Waals surface area contributed by atoms with Crippen LogP contribution >= 0.6 is 0 Å². The number of hydrogen-bond donors (Lipinski definition) is 0. The first-order chi connectivity index (χ1) is 28.5. The lowest BCUT2D eigenvalue weighted by molar-refractivity contribution is -0.139. The molecule has 7 rings (SSSR count). The molecule has 5 aromatic rings. The summed E-state index contributed by atoms with van der Waals surface area (Å²) in [5.74, 6) is 3.04. The summed E-state index contributed by atoms with van der Waals surface area (Å²) >= 11 is 0. The fraction of sp³-hybridized carbons (Fsp3) is 0.372. The van der Waals surface area contributed by atoms with Crippen molar-refractivity contribution < 1.29 is 33.3 Å². The Balaban J connectivity index is 1.23. The highest BCUT2D eigenvalue weighted by Crippen LogP contribution is 2.40. The fourth-order valence-corrected chi connectivity index (χ4v) is 6.82. The minimum Gasteiger partial charge on any atom is -0.497 e. The first-order valence-corrected chi connectivity index (χ1v) is 19.4. The maximum Gasteiger partial charge on any atom is 0.416 e. The van der Waals surface area contributed by atoms with E-state index < -0.39 is 17.7 Å². The Morgan fingerprint density at radius 1 is 0.814 bits per heavy atom. The molecule has 16 heteroatoms. The number of carbonyl (C=O) groups excluding carboxylic acids is 2. The molecule has 0 unspecified atom stereocenters. The van der Waals surface area contributed by atoms with Gasteiger partial charge in [0.25, 0.3) is 0 Å². The van der Waals surface area contributed by atoms with Gasteiger partial charge in [-0.3, -0.25) is 9.69 Å². The number of benzene rings is 2. The molecule has 0 radical (unpaired) electrons. The predicted octanol–water partition coefficient (Wildman–Crippen LogP) is 6.00. The first-order valence-electron chi connectivity index (χ1n) is 19.4. The van der Waals surface area contributed by atoms with Gasteiger partial charge in [0.2, 0.25) is 11.9 Å². The molecule has 0 bridgehead atoms. The Kier molecular flexibility index (Phi) is 12.4. The van der Waals surface area contributed by atoms with E-state index in [1.807, 2.05) is 67.0 Å². The van der Waals surface area contributed by atoms with Crippen molar-refractivity contribution in [1.29, 1.82) is 0 Å². The molecular weight excluding hydrogens is 755 g/mol. The molecule has 0 saturated carbocycles. The monoisotopic (exact) mass is 803 g/mol. The zero-order valence-electron chi connectivity index (χ0n) is 34.3. The second-order valence-electron chi connectivity index (χ2n) is 15.0. The van der Waals surface area contributed by atoms with Crippen LogP contribution in [0.25, 0.3) is 11.3 Å². The molecule has 0 spiro atoms. The van der Waals surface area contributed by atoms with Gasteiger partial charge in [-0.25, -0.2) is 24.7 Å². The lowest BCUT2D eigenvalue weighted by atomic mass is 10.1. The van der Waals surface area contributed by atoms with Crippen molar-refractivity contribution in [3.8, 4) is 22.8 Å². The molecule has 308 valence electrons. The fourth-order valence-electron chi connectivity index (χ4n) is 6.82. The number of esters is 1. The normalized spacial score (nSPS) is 13.7. The van der Waals surface area contributed by atoms with Crippen molar-refractivity contribution in [2.75, 3.05) is 80.3 Å². The van der Waals surface area contributed by atoms with E-state index in [2.05, 4.69) is 19.7 Å². The van der Waals surface area contributed by atoms with Crippen LogP contribution < -0.4 is 29.1 Å². The summed E-state index contributed by atoms with van der Waals surface area (Å²) in [6.45, 7) is 9.00. The minimum absolute atomic E-state index is 0.233. The average molecular weight is 804 g/mol. The number of ether oxygens (including phenoxy) is 5. The van der Waals surface area contributed by atoms with Gasteiger partial charge in [-0.2, -0.15) is 4.98 Å². The Morgan fingerprint density at radius 2 is 1.44 bits per heavy atom. The molecule has 2 aromatic carbocycles. The van der Waals surface area contributed by atoms with E-state index in [0.29, 0.717) is 64.3 Å². The highest BCUT2D eigenvalue weighted by molar-refractivity contribution is 5.93. The van der Waals surface area contributed by atoms with Crippen molar-refractivity contribution in [3.63, 3.8) is 0 Å². The third-order valence-electron chi connectivity index (χ3n) is 9.81. The molecule has 2 aliphatic heterocycles. The zero-order valence-corrected chi connectivity index (χ0v) is 34.3. The van der Waals surface area contributed by atoms with Gasteiger partial charge in [0, 0.05) is 74.2 Å². The zero-order chi connectivity index (χ0) is 41.5. The molecule has 3 aromatic heterocycles. The number of carbonyl (C=O) groups is 2. The summed E-state index contributed by atoms with van der Waals surface area (Å²) in [4.78, 5) is 57.8. The molecule has 59 heavy (non-hydrogen) atoms. The molecule has 0 aliphatic carbocycles. The number of rotatable bonds is 13. The minimum atomic E-state index is -0.798. The summed E-state index contributed by atoms with van der Waals surface area (Å²) in [5, 5.41) is 0. The Bertz CT molecular complexity index is 2180. The predicted molar refractivity (Wildman–Crippen MR) is 223 cm³/mol. The van der Waals surface area contributed by atoms with Crippen LogP contribution in [0.3, 0.4) is 0 Å². The number of anilines is 5. The quantitative estimate of drug-likeness (QED) is 0.128. The molecule has 1 saturated heterocycles. The van der Waals surface area contributed by atoms with Gasteiger partial charge in [-0.1, -0.05) is 24.3 Å². The van der Waals surface area contributed by atoms with Crippen LogP contribution in [-0.2, 0) is 38.5 Å². The van der Waals surface area contributed by atoms with E-state index in [9.17, 15) is 9.59 Å². The van der Waals surface area contributed by atoms with E-state index >= 15 is 0 Å². The van der Waals surface area contributed by atoms with Crippen molar-refractivity contribution in [2.45, 2.75) is 45.9 Å². The van der Waals surface area contributed by atoms with E-state index in [1.165, 1.54) is 12.0 Å². The molecule has 1 amide bonds. The number of pyridine rings is 1. The maximum absolute atomic E-state index is 13.3. The number of nitrogens with zero attached hydrogens (tertiary/aromatic N) is 9. The van der Waals surface area contributed by atoms with Gasteiger partial charge in [0.05, 0.1) is 40.2 Å². The maximum atomic E-state index is 13.3. The van der Waals surface area contributed by atoms with Crippen molar-refractivity contribution >= 4 is 41.3 Å². The summed E-state index contributed by atoms with van der Waals surface area (Å²) in [6, 6.07) is 19.5. The van der Waals surface area contributed by atoms with Gasteiger partial charge >= 0.3 is 12.1 Å². The van der Waals surface area contributed by atoms with E-state index in [1.54, 1.807) is 47.3 Å². The standard InChI is InChI=1S/C43H49N9O7/c1-43(2,3)59-42(54)52(28-37(53)57-6)36-23-32(15-17-44-36)51-18-16-35-38(47-41(48-39(35)51)49-19-21-58-22-20-49)31-24-45-40(46-25-31)50(26-29-7-11-33(55-4)12-8-29)27-30-9-13-34(56-5)14-10-30/h7-15,17,23-25H,16,18-22,26-28H2,1-6H3. The Morgan fingerprint density at radius 3 is 2.02 bits per heavy atom. The lowest BCUT2D eigenvalue weighted by Crippen LogP contribution is -2.40. The second-order valence-corrected chi connectivity index (χ2v) is 15.0. The topological polar surface area (TPSA) is 158 Å². The van der Waals surface area contributed by atoms with Crippen molar-refractivity contribution in [3.05, 3.63) is 95.9 Å². The summed E-state index contributed by atoms with van der Waals surface area (Å²) in [6.07, 6.45) is 5.15. The van der Waals surface area contributed by atoms with Crippen LogP contribution in [0.2, 0.25) is 0 Å². The number of morpholine rings is 1. The average Bonchev–Trinajstić information content (AvgIpc) is 3.69. The van der Waals surface area contributed by atoms with Crippen LogP contribution in [0.5, 0.6) is 11.5 Å². The SMILES string of the molecule is COC(=O)CN(C(=O)OC(C)(C)C)c1cc(N2CCc3c(-c4cnc(N(Cc5ccc(OC)cc5)Cc5ccc(OC)cc5)nc4)nc(N4CCOCC4)nc32)ccn1. The van der Waals surface area contributed by atoms with Gasteiger partial charge in [0.1, 0.15) is 35.3 Å². The van der Waals surface area contributed by atoms with E-state index in [-0.39, 0.29) is 12.4 Å². The Hall–Kier alpha value is -6.55. The Labute approximate surface area is 343 Å². The molecule has 1 fully saturated rings. The third kappa shape index (κ3) is 9.77. The second kappa shape index (κ2) is 17.9. The van der Waals surface area contributed by atoms with E-state index in [0.717, 1.165) is 51.0 Å². The number of amides is 1. The third-order valence-corrected chi connectivity index (χ3v) is 9.81. The molecule has 16 nitrogen and oxygen atoms in total. The number of methoxy groups -OCH3 is 3. The number of aromatic nitrogens is 5. The summed E-state index contributed by atoms with van der Waals surface area (Å²) < 4.78 is 27.0. The number of fused-ring (bicyclic) bond motifs is 1.